The molecule has 0 radical (unpaired) electrons. The van der Waals surface area contributed by atoms with Gasteiger partial charge in [-0.05, 0) is 48.0 Å². The lowest BCUT2D eigenvalue weighted by atomic mass is 10.1. The third-order valence-corrected chi connectivity index (χ3v) is 6.96. The van der Waals surface area contributed by atoms with Gasteiger partial charge < -0.3 is 14.6 Å². The van der Waals surface area contributed by atoms with Crippen molar-refractivity contribution in [2.24, 2.45) is 0 Å². The molecule has 5 rings (SSSR count). The number of nitrogens with one attached hydrogen (secondary N) is 1. The van der Waals surface area contributed by atoms with Crippen molar-refractivity contribution in [2.75, 3.05) is 4.90 Å². The largest absolute Gasteiger partial charge is 0.467 e. The molecule has 1 aliphatic heterocycles. The Hall–Kier alpha value is -3.97. The molecule has 1 N–H and O–H groups in total. The predicted octanol–water partition coefficient (Wildman–Crippen LogP) is 4.54. The highest BCUT2D eigenvalue weighted by Crippen LogP contribution is 2.36. The molecule has 6 nitrogen and oxygen atoms in total. The minimum absolute atomic E-state index is 0.243. The zero-order valence-electron chi connectivity index (χ0n) is 17.6. The van der Waals surface area contributed by atoms with E-state index in [1.807, 2.05) is 30.3 Å². The Bertz CT molecular complexity index is 1350. The van der Waals surface area contributed by atoms with Crippen molar-refractivity contribution >= 4 is 28.3 Å². The normalized spacial score (nSPS) is 14.8. The van der Waals surface area contributed by atoms with E-state index in [9.17, 15) is 13.8 Å². The molecule has 3 aromatic carbocycles. The van der Waals surface area contributed by atoms with Crippen LogP contribution in [0.2, 0.25) is 0 Å². The number of carbonyl (C=O) groups excluding carboxylic acids is 2. The van der Waals surface area contributed by atoms with Crippen molar-refractivity contribution in [3.63, 3.8) is 0 Å². The maximum atomic E-state index is 13.6. The molecule has 0 saturated heterocycles. The summed E-state index contributed by atoms with van der Waals surface area (Å²) in [4.78, 5) is 29.0. The lowest BCUT2D eigenvalue weighted by Gasteiger charge is -2.23. The Labute approximate surface area is 193 Å². The summed E-state index contributed by atoms with van der Waals surface area (Å²) in [6.07, 6.45) is 1.55. The molecule has 2 amide bonds. The number of hydrogen-bond acceptors (Lipinski definition) is 4. The molecule has 1 aromatic heterocycles. The Morgan fingerprint density at radius 3 is 2.48 bits per heavy atom. The number of hydrogen-bond donors (Lipinski definition) is 1. The third-order valence-electron chi connectivity index (χ3n) is 5.46. The summed E-state index contributed by atoms with van der Waals surface area (Å²) in [6.45, 7) is 0.530. The Kier molecular flexibility index (Phi) is 5.62. The number of amides is 2. The van der Waals surface area contributed by atoms with Gasteiger partial charge in [0.05, 0.1) is 51.2 Å². The number of anilines is 1. The van der Waals surface area contributed by atoms with Crippen LogP contribution in [0, 0.1) is 0 Å². The second-order valence-electron chi connectivity index (χ2n) is 7.59. The maximum Gasteiger partial charge on any atom is 0.259 e. The summed E-state index contributed by atoms with van der Waals surface area (Å²) in [5, 5.41) is 2.82. The summed E-state index contributed by atoms with van der Waals surface area (Å²) < 4.78 is 18.7. The van der Waals surface area contributed by atoms with Crippen molar-refractivity contribution in [2.45, 2.75) is 22.9 Å². The van der Waals surface area contributed by atoms with E-state index >= 15 is 0 Å². The molecule has 7 heteroatoms. The van der Waals surface area contributed by atoms with Gasteiger partial charge in [0, 0.05) is 5.56 Å². The fourth-order valence-electron chi connectivity index (χ4n) is 3.81. The molecule has 0 bridgehead atoms. The van der Waals surface area contributed by atoms with Crippen LogP contribution in [-0.2, 0) is 23.9 Å². The van der Waals surface area contributed by atoms with Crippen LogP contribution in [-0.4, -0.2) is 16.0 Å². The second-order valence-corrected chi connectivity index (χ2v) is 9.00. The monoisotopic (exact) mass is 456 g/mol. The molecule has 0 spiro atoms. The van der Waals surface area contributed by atoms with E-state index in [1.165, 1.54) is 0 Å². The highest BCUT2D eigenvalue weighted by Gasteiger charge is 2.31. The smallest absolute Gasteiger partial charge is 0.259 e. The van der Waals surface area contributed by atoms with Crippen LogP contribution in [0.1, 0.15) is 32.0 Å². The summed E-state index contributed by atoms with van der Waals surface area (Å²) in [7, 11) is -1.57. The summed E-state index contributed by atoms with van der Waals surface area (Å²) in [6, 6.07) is 25.0. The molecule has 0 fully saturated rings. The molecular weight excluding hydrogens is 436 g/mol. The molecule has 0 aliphatic carbocycles. The van der Waals surface area contributed by atoms with Crippen LogP contribution in [0.3, 0.4) is 0 Å². The Balaban J connectivity index is 1.56. The number of fused-ring (bicyclic) bond motifs is 2. The zero-order valence-corrected chi connectivity index (χ0v) is 18.4. The van der Waals surface area contributed by atoms with Crippen LogP contribution >= 0.6 is 0 Å². The maximum absolute atomic E-state index is 13.6. The van der Waals surface area contributed by atoms with E-state index in [4.69, 9.17) is 4.42 Å². The fourth-order valence-corrected chi connectivity index (χ4v) is 5.16. The molecule has 164 valence electrons. The molecule has 4 aromatic rings. The van der Waals surface area contributed by atoms with Crippen molar-refractivity contribution in [3.8, 4) is 0 Å². The minimum Gasteiger partial charge on any atom is -0.467 e. The highest BCUT2D eigenvalue weighted by molar-refractivity contribution is 7.85. The van der Waals surface area contributed by atoms with Crippen molar-refractivity contribution < 1.29 is 18.2 Å². The molecular formula is C26H20N2O4S. The van der Waals surface area contributed by atoms with Gasteiger partial charge in [0.1, 0.15) is 5.76 Å². The van der Waals surface area contributed by atoms with E-state index in [-0.39, 0.29) is 24.9 Å². The second kappa shape index (κ2) is 8.88. The van der Waals surface area contributed by atoms with Gasteiger partial charge in [-0.15, -0.1) is 0 Å². The van der Waals surface area contributed by atoms with Crippen molar-refractivity contribution in [1.82, 2.24) is 5.32 Å². The van der Waals surface area contributed by atoms with Crippen LogP contribution in [0.5, 0.6) is 0 Å². The quantitative estimate of drug-likeness (QED) is 0.478. The fraction of sp³-hybridized carbons (Fsp3) is 0.0769. The first-order chi connectivity index (χ1) is 16.1. The zero-order chi connectivity index (χ0) is 22.8. The number of benzene rings is 3. The first-order valence-electron chi connectivity index (χ1n) is 10.4. The number of furan rings is 1. The summed E-state index contributed by atoms with van der Waals surface area (Å²) in [5.41, 5.74) is 2.15. The van der Waals surface area contributed by atoms with E-state index in [2.05, 4.69) is 5.32 Å². The van der Waals surface area contributed by atoms with Gasteiger partial charge in [0.2, 0.25) is 0 Å². The van der Waals surface area contributed by atoms with Crippen molar-refractivity contribution in [3.05, 3.63) is 114 Å². The first-order valence-corrected chi connectivity index (χ1v) is 11.6. The topological polar surface area (TPSA) is 79.6 Å². The van der Waals surface area contributed by atoms with Crippen LogP contribution in [0.4, 0.5) is 5.69 Å². The number of rotatable bonds is 5. The number of nitrogens with zero attached hydrogens (tertiary/aromatic N) is 1. The average molecular weight is 457 g/mol. The molecule has 0 saturated carbocycles. The molecule has 1 unspecified atom stereocenters. The van der Waals surface area contributed by atoms with E-state index < -0.39 is 10.8 Å². The lowest BCUT2D eigenvalue weighted by Crippen LogP contribution is -2.31. The number of carbonyl (C=O) groups is 2. The van der Waals surface area contributed by atoms with Gasteiger partial charge in [0.15, 0.2) is 0 Å². The summed E-state index contributed by atoms with van der Waals surface area (Å²) >= 11 is 0. The SMILES string of the molecule is O=C(NCc1ccco1)c1ccc2c(c1)N(Cc1ccccc1)C(=O)c1ccccc1S2=O. The standard InChI is InChI=1S/C26H20N2O4S/c29-25(27-16-20-9-6-14-32-20)19-12-13-24-22(15-19)28(17-18-7-2-1-3-8-18)26(30)21-10-4-5-11-23(21)33(24)31/h1-15H,16-17H2,(H,27,29). The molecule has 1 aliphatic rings. The predicted molar refractivity (Wildman–Crippen MR) is 124 cm³/mol. The molecule has 33 heavy (non-hydrogen) atoms. The summed E-state index contributed by atoms with van der Waals surface area (Å²) in [5.74, 6) is 0.0686. The molecule has 2 heterocycles. The average Bonchev–Trinajstić information content (AvgIpc) is 3.36. The van der Waals surface area contributed by atoms with Crippen LogP contribution in [0.15, 0.2) is 105 Å². The Morgan fingerprint density at radius 1 is 0.909 bits per heavy atom. The van der Waals surface area contributed by atoms with Gasteiger partial charge in [-0.25, -0.2) is 4.21 Å². The minimum atomic E-state index is -1.57. The van der Waals surface area contributed by atoms with E-state index in [0.717, 1.165) is 5.56 Å². The Morgan fingerprint density at radius 2 is 1.70 bits per heavy atom. The van der Waals surface area contributed by atoms with Crippen LogP contribution in [0.25, 0.3) is 0 Å². The van der Waals surface area contributed by atoms with Crippen molar-refractivity contribution in [1.29, 1.82) is 0 Å². The van der Waals surface area contributed by atoms with Gasteiger partial charge in [-0.2, -0.15) is 0 Å². The lowest BCUT2D eigenvalue weighted by molar-refractivity contribution is 0.0945. The van der Waals surface area contributed by atoms with Gasteiger partial charge >= 0.3 is 0 Å². The molecule has 1 atom stereocenters. The van der Waals surface area contributed by atoms with E-state index in [0.29, 0.717) is 32.4 Å². The highest BCUT2D eigenvalue weighted by atomic mass is 32.2. The van der Waals surface area contributed by atoms with E-state index in [1.54, 1.807) is 65.8 Å². The third kappa shape index (κ3) is 4.10. The van der Waals surface area contributed by atoms with Crippen LogP contribution < -0.4 is 10.2 Å². The van der Waals surface area contributed by atoms with Gasteiger partial charge in [-0.1, -0.05) is 42.5 Å². The van der Waals surface area contributed by atoms with Gasteiger partial charge in [-0.3, -0.25) is 9.59 Å². The first kappa shape index (κ1) is 20.9. The van der Waals surface area contributed by atoms with Gasteiger partial charge in [0.25, 0.3) is 11.8 Å².